The number of fused-ring (bicyclic) bond motifs is 1. The molecule has 10 nitrogen and oxygen atoms in total. The number of benzene rings is 2. The van der Waals surface area contributed by atoms with Crippen LogP contribution >= 0.6 is 11.6 Å². The molecule has 14 heteroatoms. The maximum Gasteiger partial charge on any atom is 0.322 e. The van der Waals surface area contributed by atoms with Crippen LogP contribution in [0.4, 0.5) is 23.7 Å². The van der Waals surface area contributed by atoms with Crippen LogP contribution in [-0.4, -0.2) is 80.2 Å². The Kier molecular flexibility index (Phi) is 9.98. The second-order valence-electron chi connectivity index (χ2n) is 10.9. The lowest BCUT2D eigenvalue weighted by atomic mass is 10.1. The number of likely N-dealkylation sites (tertiary alicyclic amines) is 1. The zero-order valence-electron chi connectivity index (χ0n) is 24.0. The van der Waals surface area contributed by atoms with Gasteiger partial charge in [0.15, 0.2) is 5.78 Å². The molecule has 0 spiro atoms. The molecule has 4 rings (SSSR count). The fourth-order valence-electron chi connectivity index (χ4n) is 4.96. The van der Waals surface area contributed by atoms with Crippen LogP contribution < -0.4 is 10.6 Å². The van der Waals surface area contributed by atoms with E-state index in [-0.39, 0.29) is 72.8 Å². The van der Waals surface area contributed by atoms with Crippen molar-refractivity contribution in [1.82, 2.24) is 24.9 Å². The Morgan fingerprint density at radius 3 is 2.63 bits per heavy atom. The maximum absolute atomic E-state index is 14.2. The van der Waals surface area contributed by atoms with Crippen LogP contribution in [-0.2, 0) is 17.9 Å². The number of piperidine rings is 1. The van der Waals surface area contributed by atoms with Gasteiger partial charge in [-0.25, -0.2) is 18.0 Å². The summed E-state index contributed by atoms with van der Waals surface area (Å²) in [4.78, 5) is 40.9. The first-order valence-corrected chi connectivity index (χ1v) is 14.2. The van der Waals surface area contributed by atoms with Crippen LogP contribution in [0.25, 0.3) is 10.9 Å². The van der Waals surface area contributed by atoms with Gasteiger partial charge in [0.05, 0.1) is 23.6 Å². The number of amides is 3. The minimum atomic E-state index is -2.95. The topological polar surface area (TPSA) is 120 Å². The van der Waals surface area contributed by atoms with Crippen molar-refractivity contribution in [3.8, 4) is 0 Å². The molecule has 43 heavy (non-hydrogen) atoms. The molecule has 3 N–H and O–H groups in total. The number of anilines is 1. The van der Waals surface area contributed by atoms with Crippen LogP contribution in [0.2, 0.25) is 5.02 Å². The maximum atomic E-state index is 14.2. The Morgan fingerprint density at radius 2 is 1.95 bits per heavy atom. The normalized spacial score (nSPS) is 15.5. The van der Waals surface area contributed by atoms with Gasteiger partial charge in [-0.05, 0) is 44.5 Å². The van der Waals surface area contributed by atoms with E-state index in [1.807, 2.05) is 0 Å². The molecule has 1 aromatic heterocycles. The van der Waals surface area contributed by atoms with Crippen molar-refractivity contribution in [3.05, 3.63) is 58.5 Å². The van der Waals surface area contributed by atoms with Gasteiger partial charge in [0.2, 0.25) is 5.91 Å². The Morgan fingerprint density at radius 1 is 1.21 bits per heavy atom. The van der Waals surface area contributed by atoms with E-state index in [9.17, 15) is 32.7 Å². The van der Waals surface area contributed by atoms with Crippen LogP contribution in [0.15, 0.2) is 36.4 Å². The van der Waals surface area contributed by atoms with E-state index in [0.717, 1.165) is 4.90 Å². The van der Waals surface area contributed by atoms with Crippen LogP contribution in [0, 0.1) is 5.82 Å². The van der Waals surface area contributed by atoms with Gasteiger partial charge in [0.1, 0.15) is 24.3 Å². The van der Waals surface area contributed by atoms with Crippen molar-refractivity contribution in [1.29, 1.82) is 0 Å². The van der Waals surface area contributed by atoms with Crippen molar-refractivity contribution >= 4 is 45.9 Å². The zero-order valence-corrected chi connectivity index (χ0v) is 24.8. The first kappa shape index (κ1) is 32.2. The quantitative estimate of drug-likeness (QED) is 0.224. The van der Waals surface area contributed by atoms with Gasteiger partial charge in [-0.15, -0.1) is 0 Å². The second kappa shape index (κ2) is 13.3. The van der Waals surface area contributed by atoms with Gasteiger partial charge in [-0.3, -0.25) is 19.6 Å². The highest BCUT2D eigenvalue weighted by Crippen LogP contribution is 2.28. The van der Waals surface area contributed by atoms with Crippen molar-refractivity contribution in [2.45, 2.75) is 64.9 Å². The molecule has 0 radical (unpaired) electrons. The predicted molar refractivity (Wildman–Crippen MR) is 156 cm³/mol. The number of carbonyl (C=O) groups is 3. The minimum Gasteiger partial charge on any atom is -0.377 e. The molecule has 0 aliphatic carbocycles. The molecule has 0 saturated carbocycles. The molecule has 0 bridgehead atoms. The van der Waals surface area contributed by atoms with Crippen LogP contribution in [0.3, 0.4) is 0 Å². The Hall–Kier alpha value is -3.68. The smallest absolute Gasteiger partial charge is 0.322 e. The van der Waals surface area contributed by atoms with Crippen molar-refractivity contribution in [2.24, 2.45) is 0 Å². The molecule has 1 fully saturated rings. The molecular formula is C29H34ClF3N6O4. The third-order valence-corrected chi connectivity index (χ3v) is 7.47. The lowest BCUT2D eigenvalue weighted by Gasteiger charge is -2.32. The standard InChI is InChI=1S/C29H34ClF3N6O4/c1-17(2)38(14-24(41)34-13-19-6-4-7-22(30)26(19)31)25(42)15-39-23-9-8-20(12-21(23)27(36-39)18(3)40)35-28(43)37-11-5-10-29(32,33)16-37/h4,6-9,12,17,24,34,41H,5,10-11,13-16H2,1-3H3,(H,35,43). The Bertz CT molecular complexity index is 1510. The third-order valence-electron chi connectivity index (χ3n) is 7.17. The monoisotopic (exact) mass is 622 g/mol. The average Bonchev–Trinajstić information content (AvgIpc) is 3.29. The highest BCUT2D eigenvalue weighted by atomic mass is 35.5. The summed E-state index contributed by atoms with van der Waals surface area (Å²) in [7, 11) is 0. The van der Waals surface area contributed by atoms with E-state index in [0.29, 0.717) is 10.9 Å². The highest BCUT2D eigenvalue weighted by Gasteiger charge is 2.37. The highest BCUT2D eigenvalue weighted by molar-refractivity contribution is 6.30. The number of rotatable bonds is 10. The molecule has 1 atom stereocenters. The SMILES string of the molecule is CC(=O)c1nn(CC(=O)N(CC(O)NCc2cccc(Cl)c2F)C(C)C)c2ccc(NC(=O)N3CCCC(F)(F)C3)cc12. The zero-order chi connectivity index (χ0) is 31.5. The lowest BCUT2D eigenvalue weighted by Crippen LogP contribution is -2.47. The molecule has 1 aliphatic heterocycles. The van der Waals surface area contributed by atoms with E-state index in [2.05, 4.69) is 15.7 Å². The molecular weight excluding hydrogens is 589 g/mol. The molecule has 1 saturated heterocycles. The summed E-state index contributed by atoms with van der Waals surface area (Å²) in [5, 5.41) is 20.6. The van der Waals surface area contributed by atoms with E-state index in [4.69, 9.17) is 11.6 Å². The van der Waals surface area contributed by atoms with Crippen molar-refractivity contribution in [3.63, 3.8) is 0 Å². The summed E-state index contributed by atoms with van der Waals surface area (Å²) in [5.41, 5.74) is 1.07. The lowest BCUT2D eigenvalue weighted by molar-refractivity contribution is -0.135. The predicted octanol–water partition coefficient (Wildman–Crippen LogP) is 4.64. The van der Waals surface area contributed by atoms with Gasteiger partial charge >= 0.3 is 6.03 Å². The first-order chi connectivity index (χ1) is 20.3. The molecule has 1 unspecified atom stereocenters. The number of aliphatic hydroxyl groups excluding tert-OH is 1. The van der Waals surface area contributed by atoms with Gasteiger partial charge < -0.3 is 20.2 Å². The Balaban J connectivity index is 1.47. The Labute approximate surface area is 251 Å². The number of ketones is 1. The fourth-order valence-corrected chi connectivity index (χ4v) is 5.16. The van der Waals surface area contributed by atoms with Gasteiger partial charge in [-0.1, -0.05) is 23.7 Å². The number of Topliss-reactive ketones (excluding diaryl/α,β-unsaturated/α-hetero) is 1. The summed E-state index contributed by atoms with van der Waals surface area (Å²) >= 11 is 5.82. The summed E-state index contributed by atoms with van der Waals surface area (Å²) in [6, 6.07) is 8.19. The summed E-state index contributed by atoms with van der Waals surface area (Å²) in [6.07, 6.45) is -1.26. The fraction of sp³-hybridized carbons (Fsp3) is 0.448. The van der Waals surface area contributed by atoms with Crippen molar-refractivity contribution < 1.29 is 32.7 Å². The number of aliphatic hydroxyl groups is 1. The summed E-state index contributed by atoms with van der Waals surface area (Å²) in [5.74, 6) is -4.31. The number of nitrogens with zero attached hydrogens (tertiary/aromatic N) is 4. The number of hydrogen-bond acceptors (Lipinski definition) is 6. The molecule has 3 aromatic rings. The van der Waals surface area contributed by atoms with E-state index in [1.54, 1.807) is 26.0 Å². The minimum absolute atomic E-state index is 0.0154. The van der Waals surface area contributed by atoms with Crippen LogP contribution in [0.5, 0.6) is 0 Å². The number of aromatic nitrogens is 2. The number of urea groups is 1. The largest absolute Gasteiger partial charge is 0.377 e. The van der Waals surface area contributed by atoms with Crippen molar-refractivity contribution in [2.75, 3.05) is 25.0 Å². The molecule has 3 amide bonds. The average molecular weight is 623 g/mol. The van der Waals surface area contributed by atoms with Gasteiger partial charge in [-0.2, -0.15) is 5.10 Å². The molecule has 1 aliphatic rings. The molecule has 2 heterocycles. The number of alkyl halides is 2. The summed E-state index contributed by atoms with van der Waals surface area (Å²) < 4.78 is 43.1. The van der Waals surface area contributed by atoms with Gasteiger partial charge in [0, 0.05) is 49.1 Å². The van der Waals surface area contributed by atoms with Gasteiger partial charge in [0.25, 0.3) is 5.92 Å². The number of halogens is 4. The second-order valence-corrected chi connectivity index (χ2v) is 11.3. The molecule has 2 aromatic carbocycles. The number of nitrogens with one attached hydrogen (secondary N) is 2. The molecule has 232 valence electrons. The van der Waals surface area contributed by atoms with E-state index < -0.39 is 36.5 Å². The van der Waals surface area contributed by atoms with E-state index in [1.165, 1.54) is 40.8 Å². The summed E-state index contributed by atoms with van der Waals surface area (Å²) in [6.45, 7) is 4.02. The number of carbonyl (C=O) groups excluding carboxylic acids is 3. The third kappa shape index (κ3) is 7.84. The van der Waals surface area contributed by atoms with E-state index >= 15 is 0 Å². The van der Waals surface area contributed by atoms with Crippen LogP contribution in [0.1, 0.15) is 49.7 Å². The first-order valence-electron chi connectivity index (χ1n) is 13.8. The number of hydrogen-bond donors (Lipinski definition) is 3.